The summed E-state index contributed by atoms with van der Waals surface area (Å²) in [5.41, 5.74) is 0. The van der Waals surface area contributed by atoms with Gasteiger partial charge in [-0.15, -0.1) is 23.4 Å². The Morgan fingerprint density at radius 2 is 2.55 bits per heavy atom. The third kappa shape index (κ3) is 2.80. The van der Waals surface area contributed by atoms with E-state index in [2.05, 4.69) is 6.92 Å². The Labute approximate surface area is 76.1 Å². The van der Waals surface area contributed by atoms with Crippen LogP contribution in [0.4, 0.5) is 0 Å². The van der Waals surface area contributed by atoms with Gasteiger partial charge in [0.15, 0.2) is 0 Å². The molecule has 1 rings (SSSR count). The SMILES string of the molecule is CCCSC(Cl)c1ccco1. The first-order valence-electron chi connectivity index (χ1n) is 3.63. The number of furan rings is 1. The molecule has 0 amide bonds. The quantitative estimate of drug-likeness (QED) is 0.673. The van der Waals surface area contributed by atoms with Crippen LogP contribution in [0.5, 0.6) is 0 Å². The molecule has 1 atom stereocenters. The second-order valence-corrected chi connectivity index (χ2v) is 4.11. The highest BCUT2D eigenvalue weighted by Gasteiger charge is 2.09. The lowest BCUT2D eigenvalue weighted by Crippen LogP contribution is -1.82. The number of thioether (sulfide) groups is 1. The van der Waals surface area contributed by atoms with Crippen molar-refractivity contribution in [1.82, 2.24) is 0 Å². The third-order valence-corrected chi connectivity index (χ3v) is 3.00. The summed E-state index contributed by atoms with van der Waals surface area (Å²) in [5, 5.41) is 0. The molecular formula is C8H11ClOS. The van der Waals surface area contributed by atoms with E-state index in [4.69, 9.17) is 16.0 Å². The molecule has 0 aliphatic rings. The molecule has 1 aromatic heterocycles. The van der Waals surface area contributed by atoms with Crippen LogP contribution in [0.2, 0.25) is 0 Å². The normalized spacial score (nSPS) is 13.3. The van der Waals surface area contributed by atoms with E-state index in [0.717, 1.165) is 17.9 Å². The molecule has 62 valence electrons. The average molecular weight is 191 g/mol. The topological polar surface area (TPSA) is 13.1 Å². The molecule has 0 aliphatic heterocycles. The van der Waals surface area contributed by atoms with Crippen molar-refractivity contribution in [3.8, 4) is 0 Å². The van der Waals surface area contributed by atoms with E-state index >= 15 is 0 Å². The summed E-state index contributed by atoms with van der Waals surface area (Å²) < 4.78 is 5.12. The van der Waals surface area contributed by atoms with Crippen LogP contribution in [0.1, 0.15) is 23.8 Å². The van der Waals surface area contributed by atoms with Gasteiger partial charge in [0.1, 0.15) is 10.5 Å². The number of halogens is 1. The predicted molar refractivity (Wildman–Crippen MR) is 50.1 cm³/mol. The second-order valence-electron chi connectivity index (χ2n) is 2.20. The highest BCUT2D eigenvalue weighted by atomic mass is 35.5. The molecule has 1 unspecified atom stereocenters. The molecule has 1 nitrogen and oxygen atoms in total. The minimum atomic E-state index is -0.0232. The van der Waals surface area contributed by atoms with Crippen molar-refractivity contribution in [3.63, 3.8) is 0 Å². The summed E-state index contributed by atoms with van der Waals surface area (Å²) >= 11 is 7.70. The maximum absolute atomic E-state index is 6.00. The molecule has 0 aliphatic carbocycles. The molecule has 1 aromatic rings. The van der Waals surface area contributed by atoms with Crippen LogP contribution in [0.15, 0.2) is 22.8 Å². The van der Waals surface area contributed by atoms with Gasteiger partial charge in [0.25, 0.3) is 0 Å². The van der Waals surface area contributed by atoms with Crippen molar-refractivity contribution in [2.24, 2.45) is 0 Å². The summed E-state index contributed by atoms with van der Waals surface area (Å²) in [6, 6.07) is 3.76. The summed E-state index contributed by atoms with van der Waals surface area (Å²) in [6.45, 7) is 2.14. The third-order valence-electron chi connectivity index (χ3n) is 1.24. The van der Waals surface area contributed by atoms with Crippen LogP contribution in [-0.4, -0.2) is 5.75 Å². The first-order valence-corrected chi connectivity index (χ1v) is 5.12. The molecule has 0 bridgehead atoms. The van der Waals surface area contributed by atoms with Gasteiger partial charge >= 0.3 is 0 Å². The second kappa shape index (κ2) is 4.73. The van der Waals surface area contributed by atoms with Crippen LogP contribution in [0.25, 0.3) is 0 Å². The van der Waals surface area contributed by atoms with Gasteiger partial charge in [0, 0.05) is 0 Å². The number of hydrogen-bond acceptors (Lipinski definition) is 2. The smallest absolute Gasteiger partial charge is 0.137 e. The molecule has 1 heterocycles. The minimum absolute atomic E-state index is 0.0232. The summed E-state index contributed by atoms with van der Waals surface area (Å²) in [7, 11) is 0. The van der Waals surface area contributed by atoms with Crippen molar-refractivity contribution in [1.29, 1.82) is 0 Å². The van der Waals surface area contributed by atoms with E-state index in [-0.39, 0.29) is 4.71 Å². The van der Waals surface area contributed by atoms with Gasteiger partial charge < -0.3 is 4.42 Å². The van der Waals surface area contributed by atoms with Crippen molar-refractivity contribution in [3.05, 3.63) is 24.2 Å². The van der Waals surface area contributed by atoms with E-state index in [1.165, 1.54) is 0 Å². The van der Waals surface area contributed by atoms with Gasteiger partial charge in [0.05, 0.1) is 6.26 Å². The van der Waals surface area contributed by atoms with Crippen LogP contribution < -0.4 is 0 Å². The van der Waals surface area contributed by atoms with Crippen LogP contribution in [-0.2, 0) is 0 Å². The zero-order chi connectivity index (χ0) is 8.10. The largest absolute Gasteiger partial charge is 0.467 e. The molecule has 0 fully saturated rings. The fourth-order valence-corrected chi connectivity index (χ4v) is 1.86. The van der Waals surface area contributed by atoms with Crippen LogP contribution in [0.3, 0.4) is 0 Å². The lowest BCUT2D eigenvalue weighted by molar-refractivity contribution is 0.527. The summed E-state index contributed by atoms with van der Waals surface area (Å²) in [5.74, 6) is 1.93. The van der Waals surface area contributed by atoms with Gasteiger partial charge in [-0.1, -0.05) is 6.92 Å². The van der Waals surface area contributed by atoms with E-state index in [0.29, 0.717) is 0 Å². The lowest BCUT2D eigenvalue weighted by atomic mass is 10.5. The molecule has 0 radical (unpaired) electrons. The first kappa shape index (κ1) is 9.01. The molecule has 3 heteroatoms. The molecule has 0 N–H and O–H groups in total. The number of rotatable bonds is 4. The van der Waals surface area contributed by atoms with Gasteiger partial charge in [-0.2, -0.15) is 0 Å². The summed E-state index contributed by atoms with van der Waals surface area (Å²) in [6.07, 6.45) is 2.80. The van der Waals surface area contributed by atoms with Gasteiger partial charge in [-0.25, -0.2) is 0 Å². The Kier molecular flexibility index (Phi) is 3.87. The molecule has 11 heavy (non-hydrogen) atoms. The highest BCUT2D eigenvalue weighted by Crippen LogP contribution is 2.32. The number of hydrogen-bond donors (Lipinski definition) is 0. The van der Waals surface area contributed by atoms with Crippen LogP contribution >= 0.6 is 23.4 Å². The molecule has 0 spiro atoms. The zero-order valence-corrected chi connectivity index (χ0v) is 7.99. The lowest BCUT2D eigenvalue weighted by Gasteiger charge is -2.03. The van der Waals surface area contributed by atoms with E-state index in [1.54, 1.807) is 18.0 Å². The fraction of sp³-hybridized carbons (Fsp3) is 0.500. The van der Waals surface area contributed by atoms with Crippen molar-refractivity contribution in [2.45, 2.75) is 18.1 Å². The Bertz CT molecular complexity index is 186. The summed E-state index contributed by atoms with van der Waals surface area (Å²) in [4.78, 5) is 0. The first-order chi connectivity index (χ1) is 5.34. The van der Waals surface area contributed by atoms with Crippen molar-refractivity contribution >= 4 is 23.4 Å². The van der Waals surface area contributed by atoms with E-state index in [9.17, 15) is 0 Å². The molecule has 0 saturated carbocycles. The van der Waals surface area contributed by atoms with E-state index in [1.807, 2.05) is 12.1 Å². The maximum Gasteiger partial charge on any atom is 0.137 e. The maximum atomic E-state index is 6.00. The monoisotopic (exact) mass is 190 g/mol. The van der Waals surface area contributed by atoms with Gasteiger partial charge in [-0.3, -0.25) is 0 Å². The number of alkyl halides is 1. The van der Waals surface area contributed by atoms with Crippen LogP contribution in [0, 0.1) is 0 Å². The molecule has 0 saturated heterocycles. The van der Waals surface area contributed by atoms with Crippen molar-refractivity contribution < 1.29 is 4.42 Å². The molecular weight excluding hydrogens is 180 g/mol. The minimum Gasteiger partial charge on any atom is -0.467 e. The fourth-order valence-electron chi connectivity index (χ4n) is 0.724. The zero-order valence-electron chi connectivity index (χ0n) is 6.42. The Morgan fingerprint density at radius 3 is 3.09 bits per heavy atom. The Hall–Kier alpha value is -0.0800. The van der Waals surface area contributed by atoms with E-state index < -0.39 is 0 Å². The average Bonchev–Trinajstić information content (AvgIpc) is 2.52. The Balaban J connectivity index is 2.36. The van der Waals surface area contributed by atoms with Gasteiger partial charge in [0.2, 0.25) is 0 Å². The standard InChI is InChI=1S/C8H11ClOS/c1-2-6-11-8(9)7-4-3-5-10-7/h3-5,8H,2,6H2,1H3. The van der Waals surface area contributed by atoms with Crippen molar-refractivity contribution in [2.75, 3.05) is 5.75 Å². The predicted octanol–water partition coefficient (Wildman–Crippen LogP) is 3.66. The molecule has 0 aromatic carbocycles. The Morgan fingerprint density at radius 1 is 1.73 bits per heavy atom. The van der Waals surface area contributed by atoms with Gasteiger partial charge in [-0.05, 0) is 24.3 Å². The highest BCUT2D eigenvalue weighted by molar-refractivity contribution is 8.00.